The van der Waals surface area contributed by atoms with E-state index in [4.69, 9.17) is 4.55 Å². The van der Waals surface area contributed by atoms with Gasteiger partial charge in [0.05, 0.1) is 11.4 Å². The molecular formula is C14H12N4O9S2. The zero-order valence-corrected chi connectivity index (χ0v) is 15.8. The molecule has 1 saturated heterocycles. The summed E-state index contributed by atoms with van der Waals surface area (Å²) in [6.07, 6.45) is 0.995. The molecule has 154 valence electrons. The molecule has 0 saturated carbocycles. The van der Waals surface area contributed by atoms with Crippen molar-refractivity contribution in [1.29, 1.82) is 0 Å². The van der Waals surface area contributed by atoms with Gasteiger partial charge in [-0.2, -0.15) is 31.1 Å². The van der Waals surface area contributed by atoms with E-state index in [0.717, 1.165) is 11.1 Å². The van der Waals surface area contributed by atoms with E-state index in [2.05, 4.69) is 9.38 Å². The lowest BCUT2D eigenvalue weighted by Crippen LogP contribution is -2.38. The standard InChI is InChI=1S/C14H12N4O9S2/c19-13(20)12-11-9(10-7-16(12)14(21)18(10)27-29(24,25)26)6-17(15-11)28(22,23)8-4-2-1-3-5-8/h1-6,10,12H,7H2,(H,19,20)(H,24,25,26)/t10-,12+/m1/s1. The zero-order chi connectivity index (χ0) is 21.1. The fraction of sp³-hybridized carbons (Fsp3) is 0.214. The molecule has 0 aliphatic carbocycles. The molecule has 1 aromatic carbocycles. The van der Waals surface area contributed by atoms with Crippen molar-refractivity contribution in [3.63, 3.8) is 0 Å². The van der Waals surface area contributed by atoms with Gasteiger partial charge in [0, 0.05) is 11.8 Å². The Kier molecular flexibility index (Phi) is 4.16. The van der Waals surface area contributed by atoms with Crippen LogP contribution in [0.3, 0.4) is 0 Å². The van der Waals surface area contributed by atoms with Crippen LogP contribution in [0.25, 0.3) is 0 Å². The smallest absolute Gasteiger partial charge is 0.418 e. The van der Waals surface area contributed by atoms with Crippen LogP contribution in [-0.4, -0.2) is 64.2 Å². The average molecular weight is 444 g/mol. The summed E-state index contributed by atoms with van der Waals surface area (Å²) in [5, 5.41) is 13.7. The number of carbonyl (C=O) groups is 2. The molecule has 3 heterocycles. The quantitative estimate of drug-likeness (QED) is 0.586. The first kappa shape index (κ1) is 19.3. The van der Waals surface area contributed by atoms with Crippen LogP contribution in [0, 0.1) is 0 Å². The molecular weight excluding hydrogens is 432 g/mol. The summed E-state index contributed by atoms with van der Waals surface area (Å²) in [7, 11) is -9.28. The third-order valence-corrected chi connectivity index (χ3v) is 6.36. The molecule has 13 nitrogen and oxygen atoms in total. The summed E-state index contributed by atoms with van der Waals surface area (Å²) >= 11 is 0. The number of rotatable bonds is 5. The molecule has 2 amide bonds. The highest BCUT2D eigenvalue weighted by molar-refractivity contribution is 7.89. The van der Waals surface area contributed by atoms with Crippen LogP contribution in [0.1, 0.15) is 23.3 Å². The van der Waals surface area contributed by atoms with Gasteiger partial charge in [-0.05, 0) is 12.1 Å². The molecule has 2 bridgehead atoms. The van der Waals surface area contributed by atoms with E-state index in [0.29, 0.717) is 4.09 Å². The van der Waals surface area contributed by atoms with E-state index in [9.17, 15) is 31.5 Å². The Labute approximate surface area is 163 Å². The van der Waals surface area contributed by atoms with Gasteiger partial charge in [-0.15, -0.1) is 4.28 Å². The number of hydroxylamine groups is 2. The first-order chi connectivity index (χ1) is 13.5. The second-order valence-electron chi connectivity index (χ2n) is 6.18. The van der Waals surface area contributed by atoms with Crippen molar-refractivity contribution < 1.29 is 40.4 Å². The van der Waals surface area contributed by atoms with E-state index >= 15 is 0 Å². The second kappa shape index (κ2) is 6.24. The molecule has 2 aliphatic heterocycles. The van der Waals surface area contributed by atoms with Crippen LogP contribution in [0.15, 0.2) is 41.4 Å². The molecule has 2 N–H and O–H groups in total. The van der Waals surface area contributed by atoms with Gasteiger partial charge in [0.1, 0.15) is 11.7 Å². The maximum atomic E-state index is 12.8. The summed E-state index contributed by atoms with van der Waals surface area (Å²) in [6.45, 7) is -0.310. The predicted octanol–water partition coefficient (Wildman–Crippen LogP) is -0.227. The maximum absolute atomic E-state index is 12.8. The maximum Gasteiger partial charge on any atom is 0.418 e. The van der Waals surface area contributed by atoms with Gasteiger partial charge >= 0.3 is 22.4 Å². The number of carboxylic acids is 1. The fourth-order valence-electron chi connectivity index (χ4n) is 3.29. The zero-order valence-electron chi connectivity index (χ0n) is 14.2. The molecule has 0 radical (unpaired) electrons. The topological polar surface area (TPSA) is 176 Å². The largest absolute Gasteiger partial charge is 0.479 e. The fourth-order valence-corrected chi connectivity index (χ4v) is 4.83. The van der Waals surface area contributed by atoms with Gasteiger partial charge in [-0.25, -0.2) is 9.59 Å². The average Bonchev–Trinajstić information content (AvgIpc) is 3.19. The molecule has 1 aromatic heterocycles. The van der Waals surface area contributed by atoms with Crippen molar-refractivity contribution in [3.8, 4) is 0 Å². The van der Waals surface area contributed by atoms with Crippen LogP contribution < -0.4 is 0 Å². The van der Waals surface area contributed by atoms with Gasteiger partial charge in [-0.1, -0.05) is 18.2 Å². The first-order valence-corrected chi connectivity index (χ1v) is 10.7. The van der Waals surface area contributed by atoms with Crippen molar-refractivity contribution >= 4 is 32.4 Å². The van der Waals surface area contributed by atoms with E-state index < -0.39 is 44.5 Å². The number of nitrogens with zero attached hydrogens (tertiary/aromatic N) is 4. The van der Waals surface area contributed by atoms with E-state index in [1.165, 1.54) is 24.3 Å². The summed E-state index contributed by atoms with van der Waals surface area (Å²) < 4.78 is 61.5. The van der Waals surface area contributed by atoms with Crippen molar-refractivity contribution in [3.05, 3.63) is 47.8 Å². The number of fused-ring (bicyclic) bond motifs is 4. The number of benzene rings is 1. The Hall–Kier alpha value is -3.01. The van der Waals surface area contributed by atoms with Crippen LogP contribution in [0.5, 0.6) is 0 Å². The monoisotopic (exact) mass is 444 g/mol. The number of carbonyl (C=O) groups excluding carboxylic acids is 1. The van der Waals surface area contributed by atoms with Gasteiger partial charge in [-0.3, -0.25) is 4.55 Å². The molecule has 2 atom stereocenters. The molecule has 15 heteroatoms. The Morgan fingerprint density at radius 2 is 1.83 bits per heavy atom. The molecule has 2 aliphatic rings. The van der Waals surface area contributed by atoms with Crippen LogP contribution in [0.2, 0.25) is 0 Å². The minimum absolute atomic E-state index is 0.0392. The van der Waals surface area contributed by atoms with Crippen molar-refractivity contribution in [2.75, 3.05) is 6.54 Å². The lowest BCUT2D eigenvalue weighted by atomic mass is 9.98. The van der Waals surface area contributed by atoms with Crippen molar-refractivity contribution in [2.45, 2.75) is 17.0 Å². The number of amides is 2. The highest BCUT2D eigenvalue weighted by atomic mass is 32.3. The van der Waals surface area contributed by atoms with Crippen LogP contribution in [-0.2, 0) is 29.5 Å². The summed E-state index contributed by atoms with van der Waals surface area (Å²) in [4.78, 5) is 24.8. The minimum atomic E-state index is -5.10. The van der Waals surface area contributed by atoms with Gasteiger partial charge in [0.15, 0.2) is 6.04 Å². The minimum Gasteiger partial charge on any atom is -0.479 e. The third-order valence-electron chi connectivity index (χ3n) is 4.46. The van der Waals surface area contributed by atoms with Gasteiger partial charge in [0.2, 0.25) is 0 Å². The first-order valence-electron chi connectivity index (χ1n) is 7.90. The molecule has 29 heavy (non-hydrogen) atoms. The third kappa shape index (κ3) is 3.03. The van der Waals surface area contributed by atoms with E-state index in [-0.39, 0.29) is 27.8 Å². The summed E-state index contributed by atoms with van der Waals surface area (Å²) in [5.41, 5.74) is -0.300. The number of urea groups is 1. The Balaban J connectivity index is 1.86. The van der Waals surface area contributed by atoms with Crippen molar-refractivity contribution in [1.82, 2.24) is 19.1 Å². The van der Waals surface area contributed by atoms with Crippen LogP contribution >= 0.6 is 0 Å². The van der Waals surface area contributed by atoms with Crippen LogP contribution in [0.4, 0.5) is 4.79 Å². The lowest BCUT2D eigenvalue weighted by Gasteiger charge is -2.25. The highest BCUT2D eigenvalue weighted by Crippen LogP contribution is 2.44. The summed E-state index contributed by atoms with van der Waals surface area (Å²) in [5.74, 6) is -1.51. The Bertz CT molecular complexity index is 1220. The number of carboxylic acid groups (broad SMARTS) is 1. The Morgan fingerprint density at radius 3 is 2.41 bits per heavy atom. The number of hydrogen-bond acceptors (Lipinski definition) is 8. The highest BCUT2D eigenvalue weighted by Gasteiger charge is 2.54. The normalized spacial score (nSPS) is 21.3. The van der Waals surface area contributed by atoms with E-state index in [1.54, 1.807) is 6.07 Å². The number of aromatic nitrogens is 2. The van der Waals surface area contributed by atoms with Gasteiger partial charge < -0.3 is 10.0 Å². The SMILES string of the molecule is O=C(O)[C@@H]1c2nn(S(=O)(=O)c3ccccc3)cc2[C@H]2CN1C(=O)N2OS(=O)(=O)O. The molecule has 1 fully saturated rings. The molecule has 0 spiro atoms. The number of aliphatic carboxylic acids is 1. The predicted molar refractivity (Wildman–Crippen MR) is 90.9 cm³/mol. The molecule has 2 aromatic rings. The molecule has 0 unspecified atom stereocenters. The lowest BCUT2D eigenvalue weighted by molar-refractivity contribution is -0.142. The summed E-state index contributed by atoms with van der Waals surface area (Å²) in [6, 6.07) is 3.22. The second-order valence-corrected chi connectivity index (χ2v) is 8.98. The number of hydrogen-bond donors (Lipinski definition) is 2. The molecule has 4 rings (SSSR count). The van der Waals surface area contributed by atoms with E-state index in [1.807, 2.05) is 0 Å². The van der Waals surface area contributed by atoms with Gasteiger partial charge in [0.25, 0.3) is 10.0 Å². The Morgan fingerprint density at radius 1 is 1.17 bits per heavy atom. The van der Waals surface area contributed by atoms with Crippen molar-refractivity contribution in [2.24, 2.45) is 0 Å².